The fourth-order valence-electron chi connectivity index (χ4n) is 2.34. The number of anilines is 2. The van der Waals surface area contributed by atoms with Gasteiger partial charge in [-0.3, -0.25) is 0 Å². The molecule has 1 saturated heterocycles. The molecule has 0 saturated carbocycles. The molecule has 1 unspecified atom stereocenters. The van der Waals surface area contributed by atoms with Crippen molar-refractivity contribution in [1.29, 1.82) is 0 Å². The van der Waals surface area contributed by atoms with Gasteiger partial charge in [-0.2, -0.15) is 0 Å². The van der Waals surface area contributed by atoms with Crippen LogP contribution < -0.4 is 25.4 Å². The van der Waals surface area contributed by atoms with Crippen LogP contribution >= 0.6 is 0 Å². The summed E-state index contributed by atoms with van der Waals surface area (Å²) in [6, 6.07) is 3.58. The van der Waals surface area contributed by atoms with Crippen LogP contribution in [0.4, 0.5) is 11.4 Å². The van der Waals surface area contributed by atoms with Crippen molar-refractivity contribution in [2.75, 3.05) is 43.5 Å². The summed E-state index contributed by atoms with van der Waals surface area (Å²) in [5.74, 6) is 1.33. The van der Waals surface area contributed by atoms with E-state index in [9.17, 15) is 5.11 Å². The first-order valence-corrected chi connectivity index (χ1v) is 6.10. The normalized spacial score (nSPS) is 22.9. The topological polar surface area (TPSA) is 80.0 Å². The van der Waals surface area contributed by atoms with Gasteiger partial charge in [0.05, 0.1) is 5.69 Å². The van der Waals surface area contributed by atoms with Crippen molar-refractivity contribution in [1.82, 2.24) is 5.32 Å². The standard InChI is InChI=1S/C12H17N3O3/c13-8-5-9(15-2-1-14-7-11(15)16)12-10(6-8)17-3-4-18-12/h5-6,11,14,16H,1-4,7,13H2. The van der Waals surface area contributed by atoms with E-state index in [1.54, 1.807) is 6.07 Å². The molecule has 4 N–H and O–H groups in total. The van der Waals surface area contributed by atoms with Crippen molar-refractivity contribution in [3.05, 3.63) is 12.1 Å². The van der Waals surface area contributed by atoms with Crippen molar-refractivity contribution in [2.24, 2.45) is 0 Å². The fourth-order valence-corrected chi connectivity index (χ4v) is 2.34. The van der Waals surface area contributed by atoms with Crippen molar-refractivity contribution in [3.63, 3.8) is 0 Å². The highest BCUT2D eigenvalue weighted by molar-refractivity contribution is 5.71. The second-order valence-electron chi connectivity index (χ2n) is 4.44. The van der Waals surface area contributed by atoms with Crippen LogP contribution in [0.5, 0.6) is 11.5 Å². The van der Waals surface area contributed by atoms with Gasteiger partial charge in [0, 0.05) is 31.4 Å². The number of hydrogen-bond acceptors (Lipinski definition) is 6. The van der Waals surface area contributed by atoms with Crippen molar-refractivity contribution < 1.29 is 14.6 Å². The molecular weight excluding hydrogens is 234 g/mol. The molecule has 98 valence electrons. The zero-order valence-electron chi connectivity index (χ0n) is 10.1. The first kappa shape index (κ1) is 11.4. The van der Waals surface area contributed by atoms with Crippen LogP contribution in [0.1, 0.15) is 0 Å². The monoisotopic (exact) mass is 251 g/mol. The lowest BCUT2D eigenvalue weighted by molar-refractivity contribution is 0.146. The maximum absolute atomic E-state index is 10.0. The summed E-state index contributed by atoms with van der Waals surface area (Å²) in [6.07, 6.45) is -0.574. The van der Waals surface area contributed by atoms with Gasteiger partial charge in [-0.1, -0.05) is 0 Å². The van der Waals surface area contributed by atoms with E-state index >= 15 is 0 Å². The molecule has 2 heterocycles. The zero-order chi connectivity index (χ0) is 12.5. The summed E-state index contributed by atoms with van der Waals surface area (Å²) in [7, 11) is 0. The molecule has 0 aromatic heterocycles. The van der Waals surface area contributed by atoms with Crippen LogP contribution in [0.25, 0.3) is 0 Å². The summed E-state index contributed by atoms with van der Waals surface area (Å²) in [6.45, 7) is 3.11. The van der Waals surface area contributed by atoms with Gasteiger partial charge < -0.3 is 30.5 Å². The van der Waals surface area contributed by atoms with Gasteiger partial charge in [0.2, 0.25) is 0 Å². The Balaban J connectivity index is 2.01. The van der Waals surface area contributed by atoms with Crippen molar-refractivity contribution >= 4 is 11.4 Å². The zero-order valence-corrected chi connectivity index (χ0v) is 10.1. The van der Waals surface area contributed by atoms with Gasteiger partial charge in [-0.15, -0.1) is 0 Å². The fraction of sp³-hybridized carbons (Fsp3) is 0.500. The molecule has 0 bridgehead atoms. The quantitative estimate of drug-likeness (QED) is 0.598. The van der Waals surface area contributed by atoms with E-state index in [1.165, 1.54) is 0 Å². The molecular formula is C12H17N3O3. The lowest BCUT2D eigenvalue weighted by Crippen LogP contribution is -2.51. The summed E-state index contributed by atoms with van der Waals surface area (Å²) < 4.78 is 11.2. The van der Waals surface area contributed by atoms with Crippen LogP contribution in [-0.2, 0) is 0 Å². The first-order chi connectivity index (χ1) is 8.75. The largest absolute Gasteiger partial charge is 0.486 e. The average molecular weight is 251 g/mol. The number of aliphatic hydroxyl groups is 1. The summed E-state index contributed by atoms with van der Waals surface area (Å²) in [4.78, 5) is 1.89. The second kappa shape index (κ2) is 4.55. The number of rotatable bonds is 1. The van der Waals surface area contributed by atoms with Crippen molar-refractivity contribution in [2.45, 2.75) is 6.23 Å². The van der Waals surface area contributed by atoms with Gasteiger partial charge in [-0.25, -0.2) is 0 Å². The minimum Gasteiger partial charge on any atom is -0.486 e. The SMILES string of the molecule is Nc1cc2c(c(N3CCNCC3O)c1)OCCO2. The highest BCUT2D eigenvalue weighted by Gasteiger charge is 2.26. The van der Waals surface area contributed by atoms with E-state index in [0.29, 0.717) is 43.5 Å². The van der Waals surface area contributed by atoms with Gasteiger partial charge in [0.1, 0.15) is 19.4 Å². The van der Waals surface area contributed by atoms with E-state index in [1.807, 2.05) is 11.0 Å². The Hall–Kier alpha value is -1.66. The molecule has 1 atom stereocenters. The number of nitrogens with two attached hydrogens (primary N) is 1. The number of aliphatic hydroxyl groups excluding tert-OH is 1. The summed E-state index contributed by atoms with van der Waals surface area (Å²) in [5.41, 5.74) is 7.29. The van der Waals surface area contributed by atoms with E-state index in [-0.39, 0.29) is 0 Å². The minimum absolute atomic E-state index is 0.520. The number of nitrogens with zero attached hydrogens (tertiary/aromatic N) is 1. The number of benzene rings is 1. The maximum Gasteiger partial charge on any atom is 0.184 e. The predicted octanol–water partition coefficient (Wildman–Crippen LogP) is -0.232. The Morgan fingerprint density at radius 1 is 1.33 bits per heavy atom. The third-order valence-corrected chi connectivity index (χ3v) is 3.17. The molecule has 1 aromatic rings. The Labute approximate surface area is 105 Å². The average Bonchev–Trinajstić information content (AvgIpc) is 2.38. The number of piperazine rings is 1. The second-order valence-corrected chi connectivity index (χ2v) is 4.44. The van der Waals surface area contributed by atoms with Crippen LogP contribution in [0.3, 0.4) is 0 Å². The number of fused-ring (bicyclic) bond motifs is 1. The predicted molar refractivity (Wildman–Crippen MR) is 68.1 cm³/mol. The van der Waals surface area contributed by atoms with Gasteiger partial charge in [-0.05, 0) is 6.07 Å². The van der Waals surface area contributed by atoms with Crippen LogP contribution in [0.15, 0.2) is 12.1 Å². The Morgan fingerprint density at radius 2 is 2.17 bits per heavy atom. The molecule has 1 fully saturated rings. The number of nitrogen functional groups attached to an aromatic ring is 1. The molecule has 2 aliphatic heterocycles. The number of hydrogen-bond donors (Lipinski definition) is 3. The smallest absolute Gasteiger partial charge is 0.184 e. The molecule has 0 spiro atoms. The molecule has 0 radical (unpaired) electrons. The third kappa shape index (κ3) is 1.93. The van der Waals surface area contributed by atoms with Crippen LogP contribution in [-0.4, -0.2) is 44.2 Å². The number of ether oxygens (including phenoxy) is 2. The van der Waals surface area contributed by atoms with E-state index < -0.39 is 6.23 Å². The molecule has 0 aliphatic carbocycles. The third-order valence-electron chi connectivity index (χ3n) is 3.17. The van der Waals surface area contributed by atoms with Crippen LogP contribution in [0.2, 0.25) is 0 Å². The number of nitrogens with one attached hydrogen (secondary N) is 1. The molecule has 6 heteroatoms. The minimum atomic E-state index is -0.574. The molecule has 18 heavy (non-hydrogen) atoms. The van der Waals surface area contributed by atoms with E-state index in [2.05, 4.69) is 5.32 Å². The molecule has 6 nitrogen and oxygen atoms in total. The van der Waals surface area contributed by atoms with Crippen LogP contribution in [0, 0.1) is 0 Å². The van der Waals surface area contributed by atoms with E-state index in [0.717, 1.165) is 12.2 Å². The molecule has 2 aliphatic rings. The van der Waals surface area contributed by atoms with Crippen molar-refractivity contribution in [3.8, 4) is 11.5 Å². The molecule has 1 aromatic carbocycles. The van der Waals surface area contributed by atoms with E-state index in [4.69, 9.17) is 15.2 Å². The molecule has 3 rings (SSSR count). The lowest BCUT2D eigenvalue weighted by Gasteiger charge is -2.36. The first-order valence-electron chi connectivity index (χ1n) is 6.10. The Bertz CT molecular complexity index is 452. The van der Waals surface area contributed by atoms with Gasteiger partial charge in [0.15, 0.2) is 11.5 Å². The van der Waals surface area contributed by atoms with Gasteiger partial charge >= 0.3 is 0 Å². The highest BCUT2D eigenvalue weighted by Crippen LogP contribution is 2.42. The highest BCUT2D eigenvalue weighted by atomic mass is 16.6. The Kier molecular flexibility index (Phi) is 2.89. The summed E-state index contributed by atoms with van der Waals surface area (Å²) >= 11 is 0. The van der Waals surface area contributed by atoms with Gasteiger partial charge in [0.25, 0.3) is 0 Å². The lowest BCUT2D eigenvalue weighted by atomic mass is 10.2. The maximum atomic E-state index is 10.0. The summed E-state index contributed by atoms with van der Waals surface area (Å²) in [5, 5.41) is 13.2. The number of β-amino-alcohol motifs (C(OH)–C–C–N with tert-alkyl or cyclic N) is 1. The Morgan fingerprint density at radius 3 is 3.00 bits per heavy atom. The molecule has 0 amide bonds.